The summed E-state index contributed by atoms with van der Waals surface area (Å²) in [6, 6.07) is 5.22. The molecule has 0 saturated carbocycles. The van der Waals surface area contributed by atoms with Crippen molar-refractivity contribution in [3.05, 3.63) is 34.9 Å². The number of amides is 4. The molecule has 0 bridgehead atoms. The molecule has 3 heterocycles. The van der Waals surface area contributed by atoms with Crippen molar-refractivity contribution in [2.75, 3.05) is 13.1 Å². The first-order valence-corrected chi connectivity index (χ1v) is 9.19. The van der Waals surface area contributed by atoms with E-state index in [1.165, 1.54) is 4.90 Å². The smallest absolute Gasteiger partial charge is 0.407 e. The number of carbonyl (C=O) groups is 4. The van der Waals surface area contributed by atoms with Crippen molar-refractivity contribution in [3.63, 3.8) is 0 Å². The number of imide groups is 1. The Morgan fingerprint density at radius 1 is 1.11 bits per heavy atom. The van der Waals surface area contributed by atoms with Gasteiger partial charge in [0.05, 0.1) is 0 Å². The number of fused-ring (bicyclic) bond motifs is 1. The second-order valence-electron chi connectivity index (χ2n) is 7.36. The maximum Gasteiger partial charge on any atom is 0.407 e. The molecule has 0 unspecified atom stereocenters. The molecule has 0 spiro atoms. The van der Waals surface area contributed by atoms with Crippen LogP contribution < -0.4 is 5.32 Å². The van der Waals surface area contributed by atoms with Crippen LogP contribution in [0, 0.1) is 0 Å². The standard InChI is InChI=1S/C19H21N3O5/c23-16-4-3-15(17(24)20-16)22-10-13-2-1-12(9-14(13)18(22)25)11-5-7-21(8-6-11)19(26)27/h1-2,9,11,15H,3-8,10H2,(H,26,27)(H,20,23,24)/t15-/m0/s1. The fourth-order valence-corrected chi connectivity index (χ4v) is 4.23. The first-order valence-electron chi connectivity index (χ1n) is 9.19. The zero-order valence-electron chi connectivity index (χ0n) is 14.8. The van der Waals surface area contributed by atoms with Crippen molar-refractivity contribution < 1.29 is 24.3 Å². The Bertz CT molecular complexity index is 829. The van der Waals surface area contributed by atoms with Crippen molar-refractivity contribution in [2.45, 2.75) is 44.2 Å². The molecule has 2 saturated heterocycles. The lowest BCUT2D eigenvalue weighted by molar-refractivity contribution is -0.136. The highest BCUT2D eigenvalue weighted by Crippen LogP contribution is 2.33. The fourth-order valence-electron chi connectivity index (χ4n) is 4.23. The van der Waals surface area contributed by atoms with Crippen LogP contribution in [-0.2, 0) is 16.1 Å². The first kappa shape index (κ1) is 17.5. The van der Waals surface area contributed by atoms with Gasteiger partial charge in [0.25, 0.3) is 5.91 Å². The second-order valence-corrected chi connectivity index (χ2v) is 7.36. The summed E-state index contributed by atoms with van der Waals surface area (Å²) in [6.07, 6.45) is 1.17. The predicted octanol–water partition coefficient (Wildman–Crippen LogP) is 1.31. The molecule has 1 atom stereocenters. The Labute approximate surface area is 156 Å². The summed E-state index contributed by atoms with van der Waals surface area (Å²) < 4.78 is 0. The molecule has 1 aromatic carbocycles. The Morgan fingerprint density at radius 2 is 1.85 bits per heavy atom. The number of hydrogen-bond donors (Lipinski definition) is 2. The zero-order valence-corrected chi connectivity index (χ0v) is 14.8. The van der Waals surface area contributed by atoms with E-state index >= 15 is 0 Å². The Morgan fingerprint density at radius 3 is 2.52 bits per heavy atom. The molecule has 4 amide bonds. The molecule has 2 N–H and O–H groups in total. The summed E-state index contributed by atoms with van der Waals surface area (Å²) in [5, 5.41) is 11.4. The van der Waals surface area contributed by atoms with Crippen molar-refractivity contribution in [3.8, 4) is 0 Å². The van der Waals surface area contributed by atoms with Gasteiger partial charge in [0.15, 0.2) is 0 Å². The number of piperidine rings is 2. The van der Waals surface area contributed by atoms with E-state index in [0.717, 1.165) is 24.0 Å². The van der Waals surface area contributed by atoms with E-state index in [1.807, 2.05) is 18.2 Å². The third-order valence-corrected chi connectivity index (χ3v) is 5.79. The van der Waals surface area contributed by atoms with Gasteiger partial charge in [0.2, 0.25) is 11.8 Å². The lowest BCUT2D eigenvalue weighted by Gasteiger charge is -2.30. The number of carboxylic acid groups (broad SMARTS) is 1. The zero-order chi connectivity index (χ0) is 19.1. The van der Waals surface area contributed by atoms with Gasteiger partial charge in [-0.3, -0.25) is 19.7 Å². The summed E-state index contributed by atoms with van der Waals surface area (Å²) in [5.41, 5.74) is 2.53. The van der Waals surface area contributed by atoms with E-state index in [1.54, 1.807) is 4.90 Å². The molecule has 8 heteroatoms. The van der Waals surface area contributed by atoms with Gasteiger partial charge in [0, 0.05) is 31.6 Å². The Balaban J connectivity index is 1.49. The molecule has 3 aliphatic rings. The van der Waals surface area contributed by atoms with Crippen LogP contribution in [0.15, 0.2) is 18.2 Å². The van der Waals surface area contributed by atoms with Gasteiger partial charge in [0.1, 0.15) is 6.04 Å². The maximum atomic E-state index is 12.9. The van der Waals surface area contributed by atoms with Crippen LogP contribution in [0.1, 0.15) is 53.1 Å². The predicted molar refractivity (Wildman–Crippen MR) is 94.1 cm³/mol. The van der Waals surface area contributed by atoms with Gasteiger partial charge in [-0.25, -0.2) is 4.79 Å². The van der Waals surface area contributed by atoms with Crippen LogP contribution in [-0.4, -0.2) is 57.9 Å². The highest BCUT2D eigenvalue weighted by Gasteiger charge is 2.39. The molecular weight excluding hydrogens is 350 g/mol. The Kier molecular flexibility index (Phi) is 4.33. The minimum absolute atomic E-state index is 0.177. The van der Waals surface area contributed by atoms with Crippen molar-refractivity contribution in [1.82, 2.24) is 15.1 Å². The third kappa shape index (κ3) is 3.15. The SMILES string of the molecule is O=C1CC[C@H](N2Cc3ccc(C4CCN(C(=O)O)CC4)cc3C2=O)C(=O)N1. The normalized spacial score (nSPS) is 23.4. The Hall–Kier alpha value is -2.90. The van der Waals surface area contributed by atoms with E-state index in [9.17, 15) is 19.2 Å². The molecule has 3 aliphatic heterocycles. The third-order valence-electron chi connectivity index (χ3n) is 5.79. The van der Waals surface area contributed by atoms with Gasteiger partial charge < -0.3 is 14.9 Å². The van der Waals surface area contributed by atoms with Crippen molar-refractivity contribution >= 4 is 23.8 Å². The van der Waals surface area contributed by atoms with E-state index in [0.29, 0.717) is 31.6 Å². The number of carbonyl (C=O) groups excluding carboxylic acids is 3. The largest absolute Gasteiger partial charge is 0.465 e. The van der Waals surface area contributed by atoms with Crippen LogP contribution in [0.2, 0.25) is 0 Å². The van der Waals surface area contributed by atoms with Gasteiger partial charge in [-0.05, 0) is 42.4 Å². The molecule has 0 aliphatic carbocycles. The summed E-state index contributed by atoms with van der Waals surface area (Å²) in [6.45, 7) is 1.36. The minimum Gasteiger partial charge on any atom is -0.465 e. The molecule has 0 radical (unpaired) electrons. The molecule has 4 rings (SSSR count). The van der Waals surface area contributed by atoms with E-state index in [2.05, 4.69) is 5.32 Å². The fraction of sp³-hybridized carbons (Fsp3) is 0.474. The molecular formula is C19H21N3O5. The second kappa shape index (κ2) is 6.68. The number of nitrogens with zero attached hydrogens (tertiary/aromatic N) is 2. The highest BCUT2D eigenvalue weighted by molar-refractivity contribution is 6.05. The van der Waals surface area contributed by atoms with Gasteiger partial charge in [-0.2, -0.15) is 0 Å². The molecule has 27 heavy (non-hydrogen) atoms. The van der Waals surface area contributed by atoms with Crippen LogP contribution in [0.3, 0.4) is 0 Å². The highest BCUT2D eigenvalue weighted by atomic mass is 16.4. The minimum atomic E-state index is -0.891. The molecule has 142 valence electrons. The number of benzene rings is 1. The molecule has 1 aromatic rings. The number of rotatable bonds is 2. The summed E-state index contributed by atoms with van der Waals surface area (Å²) >= 11 is 0. The lowest BCUT2D eigenvalue weighted by atomic mass is 9.88. The van der Waals surface area contributed by atoms with Crippen LogP contribution in [0.25, 0.3) is 0 Å². The van der Waals surface area contributed by atoms with Crippen LogP contribution >= 0.6 is 0 Å². The van der Waals surface area contributed by atoms with Gasteiger partial charge >= 0.3 is 6.09 Å². The van der Waals surface area contributed by atoms with Crippen LogP contribution in [0.4, 0.5) is 4.79 Å². The summed E-state index contributed by atoms with van der Waals surface area (Å²) in [7, 11) is 0. The van der Waals surface area contributed by atoms with Crippen molar-refractivity contribution in [2.24, 2.45) is 0 Å². The van der Waals surface area contributed by atoms with E-state index < -0.39 is 18.0 Å². The average molecular weight is 371 g/mol. The first-order chi connectivity index (χ1) is 12.9. The average Bonchev–Trinajstić information content (AvgIpc) is 2.98. The lowest BCUT2D eigenvalue weighted by Crippen LogP contribution is -2.52. The monoisotopic (exact) mass is 371 g/mol. The van der Waals surface area contributed by atoms with Gasteiger partial charge in [-0.15, -0.1) is 0 Å². The summed E-state index contributed by atoms with van der Waals surface area (Å²) in [5.74, 6) is -0.656. The van der Waals surface area contributed by atoms with E-state index in [4.69, 9.17) is 5.11 Å². The van der Waals surface area contributed by atoms with E-state index in [-0.39, 0.29) is 24.2 Å². The summed E-state index contributed by atoms with van der Waals surface area (Å²) in [4.78, 5) is 50.3. The van der Waals surface area contributed by atoms with Crippen LogP contribution in [0.5, 0.6) is 0 Å². The molecule has 2 fully saturated rings. The maximum absolute atomic E-state index is 12.9. The van der Waals surface area contributed by atoms with Crippen molar-refractivity contribution in [1.29, 1.82) is 0 Å². The van der Waals surface area contributed by atoms with Gasteiger partial charge in [-0.1, -0.05) is 12.1 Å². The molecule has 0 aromatic heterocycles. The number of nitrogens with one attached hydrogen (secondary N) is 1. The molecule has 8 nitrogen and oxygen atoms in total. The quantitative estimate of drug-likeness (QED) is 0.762. The topological polar surface area (TPSA) is 107 Å². The number of hydrogen-bond acceptors (Lipinski definition) is 4. The number of likely N-dealkylation sites (tertiary alicyclic amines) is 1.